The topological polar surface area (TPSA) is 54.9 Å². The van der Waals surface area contributed by atoms with Gasteiger partial charge in [-0.3, -0.25) is 14.3 Å². The van der Waals surface area contributed by atoms with Gasteiger partial charge in [-0.1, -0.05) is 24.4 Å². The molecule has 1 saturated carbocycles. The van der Waals surface area contributed by atoms with E-state index in [-0.39, 0.29) is 29.4 Å². The van der Waals surface area contributed by atoms with Crippen LogP contribution in [0.25, 0.3) is 0 Å². The molecular weight excluding hydrogens is 329 g/mol. The van der Waals surface area contributed by atoms with Gasteiger partial charge in [-0.25, -0.2) is 4.79 Å². The molecule has 1 aliphatic rings. The molecule has 1 heterocycles. The first-order chi connectivity index (χ1) is 9.79. The van der Waals surface area contributed by atoms with Crippen LogP contribution >= 0.6 is 23.4 Å². The van der Waals surface area contributed by atoms with Gasteiger partial charge in [-0.05, 0) is 30.5 Å². The standard InChI is InChI=1S/C12H14ClF3N2O2S/c13-9-8(7-3-1-2-4-7)10(19)18(11(20)17-9)5-6-21-12(14,15)16/h7H,1-6H2,(H,17,20). The van der Waals surface area contributed by atoms with E-state index in [9.17, 15) is 22.8 Å². The van der Waals surface area contributed by atoms with E-state index in [1.165, 1.54) is 0 Å². The molecule has 1 aromatic heterocycles. The van der Waals surface area contributed by atoms with Crippen molar-refractivity contribution in [3.8, 4) is 0 Å². The molecule has 21 heavy (non-hydrogen) atoms. The number of halogens is 4. The zero-order valence-corrected chi connectivity index (χ0v) is 12.6. The summed E-state index contributed by atoms with van der Waals surface area (Å²) >= 11 is 5.68. The molecule has 2 rings (SSSR count). The van der Waals surface area contributed by atoms with E-state index in [1.807, 2.05) is 0 Å². The molecule has 0 radical (unpaired) electrons. The molecule has 1 aliphatic carbocycles. The van der Waals surface area contributed by atoms with Gasteiger partial charge in [-0.2, -0.15) is 13.2 Å². The van der Waals surface area contributed by atoms with Gasteiger partial charge in [0.1, 0.15) is 5.15 Å². The molecule has 1 aromatic rings. The van der Waals surface area contributed by atoms with E-state index in [4.69, 9.17) is 11.6 Å². The van der Waals surface area contributed by atoms with Crippen LogP contribution in [0, 0.1) is 0 Å². The van der Waals surface area contributed by atoms with Crippen LogP contribution in [0.3, 0.4) is 0 Å². The van der Waals surface area contributed by atoms with E-state index in [2.05, 4.69) is 4.98 Å². The maximum absolute atomic E-state index is 12.3. The highest BCUT2D eigenvalue weighted by Gasteiger charge is 2.28. The summed E-state index contributed by atoms with van der Waals surface area (Å²) in [6.45, 7) is -0.296. The molecule has 0 amide bonds. The van der Waals surface area contributed by atoms with E-state index in [0.717, 1.165) is 30.3 Å². The third kappa shape index (κ3) is 4.06. The molecule has 9 heteroatoms. The predicted octanol–water partition coefficient (Wildman–Crippen LogP) is 3.10. The van der Waals surface area contributed by atoms with Gasteiger partial charge in [0.05, 0.1) is 5.56 Å². The number of nitrogens with zero attached hydrogens (tertiary/aromatic N) is 1. The molecule has 4 nitrogen and oxygen atoms in total. The van der Waals surface area contributed by atoms with Crippen LogP contribution in [0.15, 0.2) is 9.59 Å². The van der Waals surface area contributed by atoms with Gasteiger partial charge in [0.25, 0.3) is 5.56 Å². The van der Waals surface area contributed by atoms with Crippen LogP contribution in [-0.2, 0) is 6.54 Å². The lowest BCUT2D eigenvalue weighted by Crippen LogP contribution is -2.38. The minimum absolute atomic E-state index is 0.0108. The van der Waals surface area contributed by atoms with Gasteiger partial charge in [0.2, 0.25) is 0 Å². The number of aromatic amines is 1. The van der Waals surface area contributed by atoms with Crippen molar-refractivity contribution in [2.45, 2.75) is 43.7 Å². The fourth-order valence-corrected chi connectivity index (χ4v) is 3.41. The van der Waals surface area contributed by atoms with Crippen LogP contribution in [-0.4, -0.2) is 20.8 Å². The second-order valence-electron chi connectivity index (χ2n) is 4.89. The van der Waals surface area contributed by atoms with Crippen molar-refractivity contribution in [1.29, 1.82) is 0 Å². The van der Waals surface area contributed by atoms with E-state index in [1.54, 1.807) is 0 Å². The Hall–Kier alpha value is -0.890. The van der Waals surface area contributed by atoms with Gasteiger partial charge < -0.3 is 0 Å². The summed E-state index contributed by atoms with van der Waals surface area (Å²) in [6.07, 6.45) is 3.56. The van der Waals surface area contributed by atoms with E-state index in [0.29, 0.717) is 5.56 Å². The van der Waals surface area contributed by atoms with Gasteiger partial charge >= 0.3 is 11.2 Å². The summed E-state index contributed by atoms with van der Waals surface area (Å²) in [5, 5.41) is 0.0108. The summed E-state index contributed by atoms with van der Waals surface area (Å²) in [5.41, 5.74) is -5.39. The predicted molar refractivity (Wildman–Crippen MR) is 76.1 cm³/mol. The van der Waals surface area contributed by atoms with Gasteiger partial charge in [0, 0.05) is 12.3 Å². The van der Waals surface area contributed by atoms with Gasteiger partial charge in [0.15, 0.2) is 0 Å². The quantitative estimate of drug-likeness (QED) is 0.855. The maximum Gasteiger partial charge on any atom is 0.441 e. The molecule has 0 saturated heterocycles. The number of thioether (sulfide) groups is 1. The summed E-state index contributed by atoms with van der Waals surface area (Å²) in [5.74, 6) is -0.415. The summed E-state index contributed by atoms with van der Waals surface area (Å²) in [6, 6.07) is 0. The van der Waals surface area contributed by atoms with Gasteiger partial charge in [-0.15, -0.1) is 0 Å². The SMILES string of the molecule is O=c1[nH]c(Cl)c(C2CCCC2)c(=O)n1CCSC(F)(F)F. The van der Waals surface area contributed by atoms with Crippen molar-refractivity contribution in [3.05, 3.63) is 31.6 Å². The van der Waals surface area contributed by atoms with Crippen molar-refractivity contribution in [2.75, 3.05) is 5.75 Å². The Morgan fingerprint density at radius 2 is 1.90 bits per heavy atom. The van der Waals surface area contributed by atoms with Crippen LogP contribution in [0.4, 0.5) is 13.2 Å². The van der Waals surface area contributed by atoms with Crippen molar-refractivity contribution < 1.29 is 13.2 Å². The zero-order valence-electron chi connectivity index (χ0n) is 11.0. The third-order valence-corrected chi connectivity index (χ3v) is 4.53. The highest BCUT2D eigenvalue weighted by atomic mass is 35.5. The monoisotopic (exact) mass is 342 g/mol. The Morgan fingerprint density at radius 1 is 1.29 bits per heavy atom. The fraction of sp³-hybridized carbons (Fsp3) is 0.667. The molecule has 1 fully saturated rings. The molecule has 0 bridgehead atoms. The van der Waals surface area contributed by atoms with Crippen LogP contribution in [0.1, 0.15) is 37.2 Å². The smallest absolute Gasteiger partial charge is 0.297 e. The van der Waals surface area contributed by atoms with Crippen molar-refractivity contribution in [1.82, 2.24) is 9.55 Å². The average molecular weight is 343 g/mol. The van der Waals surface area contributed by atoms with Crippen molar-refractivity contribution in [2.24, 2.45) is 0 Å². The second kappa shape index (κ2) is 6.48. The minimum atomic E-state index is -4.38. The summed E-state index contributed by atoms with van der Waals surface area (Å²) in [4.78, 5) is 26.4. The van der Waals surface area contributed by atoms with Crippen molar-refractivity contribution in [3.63, 3.8) is 0 Å². The summed E-state index contributed by atoms with van der Waals surface area (Å²) < 4.78 is 37.2. The highest BCUT2D eigenvalue weighted by molar-refractivity contribution is 8.00. The number of H-pyrrole nitrogens is 1. The Labute approximate surface area is 127 Å². The Morgan fingerprint density at radius 3 is 2.48 bits per heavy atom. The molecule has 0 aromatic carbocycles. The minimum Gasteiger partial charge on any atom is -0.297 e. The molecule has 1 N–H and O–H groups in total. The molecule has 0 unspecified atom stereocenters. The second-order valence-corrected chi connectivity index (χ2v) is 6.43. The number of nitrogens with one attached hydrogen (secondary N) is 1. The van der Waals surface area contributed by atoms with E-state index >= 15 is 0 Å². The maximum atomic E-state index is 12.3. The van der Waals surface area contributed by atoms with Crippen molar-refractivity contribution >= 4 is 23.4 Å². The normalized spacial score (nSPS) is 16.6. The first-order valence-electron chi connectivity index (χ1n) is 6.53. The Bertz CT molecular complexity index is 620. The first-order valence-corrected chi connectivity index (χ1v) is 7.89. The number of alkyl halides is 3. The van der Waals surface area contributed by atoms with Crippen LogP contribution in [0.5, 0.6) is 0 Å². The first kappa shape index (κ1) is 16.5. The molecule has 0 atom stereocenters. The van der Waals surface area contributed by atoms with Crippen LogP contribution in [0.2, 0.25) is 5.15 Å². The Balaban J connectivity index is 2.27. The third-order valence-electron chi connectivity index (χ3n) is 3.52. The number of hydrogen-bond donors (Lipinski definition) is 1. The average Bonchev–Trinajstić information content (AvgIpc) is 2.85. The van der Waals surface area contributed by atoms with Crippen LogP contribution < -0.4 is 11.2 Å². The molecule has 0 aliphatic heterocycles. The lowest BCUT2D eigenvalue weighted by atomic mass is 10.0. The molecule has 118 valence electrons. The fourth-order valence-electron chi connectivity index (χ4n) is 2.58. The lowest BCUT2D eigenvalue weighted by molar-refractivity contribution is -0.0328. The highest BCUT2D eigenvalue weighted by Crippen LogP contribution is 2.34. The molecular formula is C12H14ClF3N2O2S. The largest absolute Gasteiger partial charge is 0.441 e. The number of aromatic nitrogens is 2. The zero-order chi connectivity index (χ0) is 15.6. The summed E-state index contributed by atoms with van der Waals surface area (Å²) in [7, 11) is 0. The number of hydrogen-bond acceptors (Lipinski definition) is 3. The Kier molecular flexibility index (Phi) is 5.08. The lowest BCUT2D eigenvalue weighted by Gasteiger charge is -2.13. The molecule has 0 spiro atoms. The number of rotatable bonds is 4. The van der Waals surface area contributed by atoms with E-state index < -0.39 is 22.5 Å².